The van der Waals surface area contributed by atoms with Gasteiger partial charge in [0.05, 0.1) is 42.1 Å². The Balaban J connectivity index is 1.38. The summed E-state index contributed by atoms with van der Waals surface area (Å²) in [6.07, 6.45) is 1.59. The zero-order chi connectivity index (χ0) is 17.1. The van der Waals surface area contributed by atoms with Crippen molar-refractivity contribution in [3.63, 3.8) is 0 Å². The van der Waals surface area contributed by atoms with E-state index in [1.807, 2.05) is 29.3 Å². The van der Waals surface area contributed by atoms with E-state index in [1.165, 1.54) is 11.8 Å². The summed E-state index contributed by atoms with van der Waals surface area (Å²) in [6, 6.07) is 7.72. The van der Waals surface area contributed by atoms with E-state index in [0.717, 1.165) is 11.0 Å². The van der Waals surface area contributed by atoms with E-state index in [0.29, 0.717) is 31.5 Å². The number of morpholine rings is 1. The van der Waals surface area contributed by atoms with Gasteiger partial charge < -0.3 is 14.8 Å². The number of rotatable bonds is 5. The van der Waals surface area contributed by atoms with E-state index in [-0.39, 0.29) is 17.5 Å². The van der Waals surface area contributed by atoms with Gasteiger partial charge in [0, 0.05) is 5.75 Å². The van der Waals surface area contributed by atoms with Crippen LogP contribution in [0.2, 0.25) is 0 Å². The van der Waals surface area contributed by atoms with E-state index in [9.17, 15) is 5.11 Å². The maximum Gasteiger partial charge on any atom is 0.324 e. The second-order valence-corrected chi connectivity index (χ2v) is 6.34. The van der Waals surface area contributed by atoms with Crippen LogP contribution in [0.1, 0.15) is 0 Å². The Labute approximate surface area is 147 Å². The molecule has 1 fully saturated rings. The van der Waals surface area contributed by atoms with Crippen LogP contribution < -0.4 is 14.9 Å². The lowest BCUT2D eigenvalue weighted by Gasteiger charge is -2.18. The first-order valence-electron chi connectivity index (χ1n) is 7.82. The second-order valence-electron chi connectivity index (χ2n) is 5.38. The maximum atomic E-state index is 12.0. The molecule has 0 aliphatic carbocycles. The van der Waals surface area contributed by atoms with Crippen LogP contribution in [0.15, 0.2) is 45.1 Å². The maximum absolute atomic E-state index is 12.0. The van der Waals surface area contributed by atoms with Gasteiger partial charge in [0.25, 0.3) is 6.20 Å². The number of aromatic nitrogens is 4. The van der Waals surface area contributed by atoms with Gasteiger partial charge in [-0.25, -0.2) is 9.98 Å². The predicted octanol–water partition coefficient (Wildman–Crippen LogP) is -0.0108. The van der Waals surface area contributed by atoms with Gasteiger partial charge in [-0.05, 0) is 18.0 Å². The molecule has 0 radical (unpaired) electrons. The molecule has 1 aliphatic rings. The van der Waals surface area contributed by atoms with E-state index < -0.39 is 0 Å². The zero-order valence-corrected chi connectivity index (χ0v) is 14.1. The Bertz CT molecular complexity index is 853. The minimum Gasteiger partial charge on any atom is -0.861 e. The average molecular weight is 360 g/mol. The summed E-state index contributed by atoms with van der Waals surface area (Å²) in [5.74, 6) is 0.0374. The highest BCUT2D eigenvalue weighted by atomic mass is 32.2. The number of nitrogens with zero attached hydrogens (tertiary/aromatic N) is 5. The first-order chi connectivity index (χ1) is 12.3. The average Bonchev–Trinajstić information content (AvgIpc) is 3.27. The smallest absolute Gasteiger partial charge is 0.324 e. The first-order valence-corrected chi connectivity index (χ1v) is 8.80. The van der Waals surface area contributed by atoms with Crippen molar-refractivity contribution >= 4 is 34.6 Å². The molecule has 0 atom stereocenters. The van der Waals surface area contributed by atoms with Gasteiger partial charge in [-0.3, -0.25) is 4.52 Å². The Kier molecular flexibility index (Phi) is 4.53. The van der Waals surface area contributed by atoms with Crippen molar-refractivity contribution < 1.29 is 19.2 Å². The SMILES string of the molecule is [O-]/C(CSc1nc2ccccc2[nH]1)=N/c1c[n+](N2CCOCC2)no1. The Morgan fingerprint density at radius 1 is 1.36 bits per heavy atom. The molecule has 0 bridgehead atoms. The summed E-state index contributed by atoms with van der Waals surface area (Å²) in [7, 11) is 0. The number of benzene rings is 1. The summed E-state index contributed by atoms with van der Waals surface area (Å²) >= 11 is 1.30. The lowest BCUT2D eigenvalue weighted by atomic mass is 10.3. The fourth-order valence-electron chi connectivity index (χ4n) is 2.45. The molecule has 0 amide bonds. The highest BCUT2D eigenvalue weighted by Crippen LogP contribution is 2.19. The van der Waals surface area contributed by atoms with Crippen molar-refractivity contribution in [1.29, 1.82) is 0 Å². The summed E-state index contributed by atoms with van der Waals surface area (Å²) in [5.41, 5.74) is 1.81. The van der Waals surface area contributed by atoms with Gasteiger partial charge in [-0.15, -0.1) is 5.01 Å². The number of fused-ring (bicyclic) bond motifs is 1. The third kappa shape index (κ3) is 3.74. The van der Waals surface area contributed by atoms with Crippen molar-refractivity contribution in [2.75, 3.05) is 37.1 Å². The van der Waals surface area contributed by atoms with Gasteiger partial charge in [-0.1, -0.05) is 23.9 Å². The van der Waals surface area contributed by atoms with Crippen LogP contribution in [0.3, 0.4) is 0 Å². The van der Waals surface area contributed by atoms with Gasteiger partial charge in [0.15, 0.2) is 5.16 Å². The summed E-state index contributed by atoms with van der Waals surface area (Å²) in [4.78, 5) is 13.1. The Morgan fingerprint density at radius 2 is 2.20 bits per heavy atom. The molecule has 1 aliphatic heterocycles. The third-order valence-electron chi connectivity index (χ3n) is 3.66. The molecule has 1 saturated heterocycles. The molecule has 0 saturated carbocycles. The fraction of sp³-hybridized carbons (Fsp3) is 0.333. The molecule has 3 aromatic rings. The number of imidazole rings is 1. The number of hydrogen-bond acceptors (Lipinski definition) is 8. The van der Waals surface area contributed by atoms with Gasteiger partial charge in [0.2, 0.25) is 5.27 Å². The topological polar surface area (TPSA) is 106 Å². The van der Waals surface area contributed by atoms with Gasteiger partial charge in [-0.2, -0.15) is 0 Å². The van der Waals surface area contributed by atoms with E-state index in [4.69, 9.17) is 9.26 Å². The van der Waals surface area contributed by atoms with Crippen molar-refractivity contribution in [2.24, 2.45) is 4.99 Å². The molecule has 4 rings (SSSR count). The molecule has 25 heavy (non-hydrogen) atoms. The lowest BCUT2D eigenvalue weighted by Crippen LogP contribution is -2.62. The number of aromatic amines is 1. The van der Waals surface area contributed by atoms with Gasteiger partial charge >= 0.3 is 5.88 Å². The van der Waals surface area contributed by atoms with Crippen molar-refractivity contribution in [3.05, 3.63) is 30.5 Å². The van der Waals surface area contributed by atoms with Crippen molar-refractivity contribution in [1.82, 2.24) is 15.2 Å². The number of H-pyrrole nitrogens is 1. The monoisotopic (exact) mass is 360 g/mol. The van der Waals surface area contributed by atoms with Crippen LogP contribution in [-0.4, -0.2) is 53.2 Å². The minimum absolute atomic E-state index is 0.165. The number of nitrogens with one attached hydrogen (secondary N) is 1. The molecule has 9 nitrogen and oxygen atoms in total. The van der Waals surface area contributed by atoms with Crippen molar-refractivity contribution in [2.45, 2.75) is 5.16 Å². The summed E-state index contributed by atoms with van der Waals surface area (Å²) in [5, 5.41) is 18.6. The van der Waals surface area contributed by atoms with Crippen LogP contribution >= 0.6 is 11.8 Å². The number of hydrogen-bond donors (Lipinski definition) is 1. The molecular formula is C15H16N6O3S. The highest BCUT2D eigenvalue weighted by molar-refractivity contribution is 7.99. The molecule has 130 valence electrons. The first kappa shape index (κ1) is 15.9. The molecule has 10 heteroatoms. The summed E-state index contributed by atoms with van der Waals surface area (Å²) < 4.78 is 10.4. The quantitative estimate of drug-likeness (QED) is 0.295. The molecule has 0 spiro atoms. The van der Waals surface area contributed by atoms with Crippen LogP contribution in [-0.2, 0) is 4.74 Å². The molecule has 0 unspecified atom stereocenters. The Morgan fingerprint density at radius 3 is 3.04 bits per heavy atom. The molecule has 1 aromatic carbocycles. The Hall–Kier alpha value is -2.59. The number of aliphatic imine (C=N–C) groups is 1. The standard InChI is InChI=1S/C15H16N6O3S/c22-13(10-25-15-16-11-3-1-2-4-12(11)17-15)18-14-9-21(19-24-14)20-5-7-23-8-6-20/h1-4,9H,5-8,10H2,(H-,16,17,18,19,22). The van der Waals surface area contributed by atoms with Crippen LogP contribution in [0.25, 0.3) is 11.0 Å². The molecular weight excluding hydrogens is 344 g/mol. The van der Waals surface area contributed by atoms with E-state index in [1.54, 1.807) is 11.0 Å². The normalized spacial score (nSPS) is 15.8. The van der Waals surface area contributed by atoms with Crippen LogP contribution in [0.4, 0.5) is 5.88 Å². The fourth-order valence-corrected chi connectivity index (χ4v) is 3.12. The summed E-state index contributed by atoms with van der Waals surface area (Å²) in [6.45, 7) is 2.71. The molecule has 3 heterocycles. The molecule has 1 N–H and O–H groups in total. The molecule has 2 aromatic heterocycles. The number of thioether (sulfide) groups is 1. The third-order valence-corrected chi connectivity index (χ3v) is 4.51. The van der Waals surface area contributed by atoms with Crippen LogP contribution in [0.5, 0.6) is 0 Å². The highest BCUT2D eigenvalue weighted by Gasteiger charge is 2.22. The van der Waals surface area contributed by atoms with E-state index >= 15 is 0 Å². The van der Waals surface area contributed by atoms with Crippen LogP contribution in [0, 0.1) is 0 Å². The largest absolute Gasteiger partial charge is 0.861 e. The number of para-hydroxylation sites is 2. The zero-order valence-electron chi connectivity index (χ0n) is 13.3. The number of ether oxygens (including phenoxy) is 1. The second kappa shape index (κ2) is 7.11. The lowest BCUT2D eigenvalue weighted by molar-refractivity contribution is -0.759. The predicted molar refractivity (Wildman–Crippen MR) is 89.4 cm³/mol. The van der Waals surface area contributed by atoms with Gasteiger partial charge in [0.1, 0.15) is 0 Å². The van der Waals surface area contributed by atoms with Crippen molar-refractivity contribution in [3.8, 4) is 0 Å². The minimum atomic E-state index is -0.310. The van der Waals surface area contributed by atoms with E-state index in [2.05, 4.69) is 20.2 Å².